The molecule has 0 heterocycles. The van der Waals surface area contributed by atoms with Crippen molar-refractivity contribution >= 4 is 16.1 Å². The second-order valence-electron chi connectivity index (χ2n) is 9.11. The van der Waals surface area contributed by atoms with E-state index >= 15 is 0 Å². The van der Waals surface area contributed by atoms with Crippen molar-refractivity contribution in [2.75, 3.05) is 12.4 Å². The number of carbonyl (C=O) groups excluding carboxylic acids is 1. The molecule has 0 amide bonds. The van der Waals surface area contributed by atoms with E-state index in [1.807, 2.05) is 6.92 Å². The number of esters is 1. The van der Waals surface area contributed by atoms with Crippen molar-refractivity contribution in [2.45, 2.75) is 50.8 Å². The van der Waals surface area contributed by atoms with Crippen LogP contribution in [0.5, 0.6) is 5.75 Å². The summed E-state index contributed by atoms with van der Waals surface area (Å²) < 4.78 is 81.9. The summed E-state index contributed by atoms with van der Waals surface area (Å²) in [6.45, 7) is 1.25. The van der Waals surface area contributed by atoms with Crippen LogP contribution in [0.4, 0.5) is 13.2 Å². The fourth-order valence-electron chi connectivity index (χ4n) is 6.05. The summed E-state index contributed by atoms with van der Waals surface area (Å²) in [6.07, 6.45) is 0.408. The van der Waals surface area contributed by atoms with Gasteiger partial charge in [0.1, 0.15) is 23.7 Å². The van der Waals surface area contributed by atoms with Crippen molar-refractivity contribution in [3.05, 3.63) is 29.3 Å². The summed E-state index contributed by atoms with van der Waals surface area (Å²) in [5.74, 6) is -0.425. The topological polar surface area (TPSA) is 89.9 Å². The molecule has 6 nitrogen and oxygen atoms in total. The molecule has 0 aliphatic heterocycles. The highest BCUT2D eigenvalue weighted by atomic mass is 32.2. The van der Waals surface area contributed by atoms with Crippen molar-refractivity contribution in [3.8, 4) is 5.75 Å². The van der Waals surface area contributed by atoms with E-state index in [2.05, 4.69) is 0 Å². The number of fused-ring (bicyclic) bond motifs is 5. The number of carbonyl (C=O) groups is 1. The van der Waals surface area contributed by atoms with Gasteiger partial charge < -0.3 is 9.47 Å². The zero-order chi connectivity index (χ0) is 22.6. The van der Waals surface area contributed by atoms with Gasteiger partial charge in [0.2, 0.25) is 0 Å². The van der Waals surface area contributed by atoms with Gasteiger partial charge in [0.25, 0.3) is 10.1 Å². The summed E-state index contributed by atoms with van der Waals surface area (Å²) in [6, 6.07) is 2.77. The Hall–Kier alpha value is -1.81. The molecule has 3 fully saturated rings. The molecule has 4 rings (SSSR count). The number of rotatable bonds is 6. The number of benzene rings is 1. The summed E-state index contributed by atoms with van der Waals surface area (Å²) >= 11 is 0. The summed E-state index contributed by atoms with van der Waals surface area (Å²) in [4.78, 5) is 12.2. The van der Waals surface area contributed by atoms with Crippen molar-refractivity contribution < 1.29 is 40.4 Å². The molecular weight excluding hydrogens is 437 g/mol. The standard InChI is InChI=1S/C21H25F3O6S/c1-20(11-13-9-17(20)15-4-2-3-14(13)15)30-18-10-12(5-6-16(18)21(22,23)24)19(25)29-7-8-31(26,27)28/h5-6,10,13-15,17H,2-4,7-9,11H2,1H3,(H,26,27,28). The minimum Gasteiger partial charge on any atom is -0.487 e. The molecule has 0 saturated heterocycles. The minimum atomic E-state index is -4.66. The molecule has 1 aromatic carbocycles. The van der Waals surface area contributed by atoms with Crippen molar-refractivity contribution in [3.63, 3.8) is 0 Å². The van der Waals surface area contributed by atoms with Crippen molar-refractivity contribution in [2.24, 2.45) is 23.7 Å². The number of alkyl halides is 3. The Kier molecular flexibility index (Phi) is 5.53. The zero-order valence-corrected chi connectivity index (χ0v) is 17.8. The Labute approximate surface area is 178 Å². The van der Waals surface area contributed by atoms with E-state index in [4.69, 9.17) is 14.0 Å². The van der Waals surface area contributed by atoms with Crippen molar-refractivity contribution in [1.82, 2.24) is 0 Å². The van der Waals surface area contributed by atoms with Gasteiger partial charge in [-0.1, -0.05) is 6.42 Å². The first-order chi connectivity index (χ1) is 14.4. The minimum absolute atomic E-state index is 0.177. The fourth-order valence-corrected chi connectivity index (χ4v) is 6.34. The summed E-state index contributed by atoms with van der Waals surface area (Å²) in [5.41, 5.74) is -1.87. The van der Waals surface area contributed by atoms with Gasteiger partial charge in [-0.2, -0.15) is 21.6 Å². The third-order valence-electron chi connectivity index (χ3n) is 7.20. The van der Waals surface area contributed by atoms with E-state index in [0.717, 1.165) is 37.5 Å². The van der Waals surface area contributed by atoms with Gasteiger partial charge >= 0.3 is 12.1 Å². The first-order valence-corrected chi connectivity index (χ1v) is 12.0. The first kappa shape index (κ1) is 22.4. The van der Waals surface area contributed by atoms with Gasteiger partial charge in [-0.3, -0.25) is 4.55 Å². The molecule has 10 heteroatoms. The summed E-state index contributed by atoms with van der Waals surface area (Å²) in [7, 11) is -4.32. The van der Waals surface area contributed by atoms with Crippen LogP contribution >= 0.6 is 0 Å². The smallest absolute Gasteiger partial charge is 0.419 e. The molecule has 0 aromatic heterocycles. The maximum absolute atomic E-state index is 13.6. The highest BCUT2D eigenvalue weighted by Crippen LogP contribution is 2.63. The molecule has 1 N–H and O–H groups in total. The number of halogens is 3. The molecular formula is C21H25F3O6S. The lowest BCUT2D eigenvalue weighted by molar-refractivity contribution is -0.140. The lowest BCUT2D eigenvalue weighted by Gasteiger charge is -2.41. The van der Waals surface area contributed by atoms with Gasteiger partial charge in [-0.05, 0) is 68.6 Å². The Balaban J connectivity index is 1.57. The zero-order valence-electron chi connectivity index (χ0n) is 17.0. The van der Waals surface area contributed by atoms with Crippen LogP contribution in [0.3, 0.4) is 0 Å². The SMILES string of the molecule is CC1(Oc2cc(C(=O)OCCS(=O)(=O)O)ccc2C(F)(F)F)CC2CC1C1CCCC21. The highest BCUT2D eigenvalue weighted by molar-refractivity contribution is 7.85. The van der Waals surface area contributed by atoms with Crippen LogP contribution in [-0.2, 0) is 21.0 Å². The Morgan fingerprint density at radius 2 is 1.97 bits per heavy atom. The average molecular weight is 462 g/mol. The van der Waals surface area contributed by atoms with Crippen LogP contribution in [0, 0.1) is 23.7 Å². The second-order valence-corrected chi connectivity index (χ2v) is 10.7. The molecule has 2 bridgehead atoms. The molecule has 172 valence electrons. The third-order valence-corrected chi connectivity index (χ3v) is 7.88. The molecule has 5 atom stereocenters. The number of ether oxygens (including phenoxy) is 2. The molecule has 0 spiro atoms. The van der Waals surface area contributed by atoms with Crippen LogP contribution in [-0.4, -0.2) is 36.9 Å². The largest absolute Gasteiger partial charge is 0.487 e. The average Bonchev–Trinajstić information content (AvgIpc) is 3.31. The van der Waals surface area contributed by atoms with Gasteiger partial charge in [-0.25, -0.2) is 4.79 Å². The van der Waals surface area contributed by atoms with E-state index in [1.165, 1.54) is 6.42 Å². The molecule has 1 aromatic rings. The second kappa shape index (κ2) is 7.65. The lowest BCUT2D eigenvalue weighted by atomic mass is 9.73. The van der Waals surface area contributed by atoms with Gasteiger partial charge in [-0.15, -0.1) is 0 Å². The molecule has 3 aliphatic carbocycles. The quantitative estimate of drug-likeness (QED) is 0.500. The maximum atomic E-state index is 13.6. The predicted molar refractivity (Wildman–Crippen MR) is 104 cm³/mol. The van der Waals surface area contributed by atoms with E-state index in [-0.39, 0.29) is 11.5 Å². The van der Waals surface area contributed by atoms with E-state index < -0.39 is 51.5 Å². The monoisotopic (exact) mass is 462 g/mol. The van der Waals surface area contributed by atoms with E-state index in [0.29, 0.717) is 24.2 Å². The number of hydrogen-bond donors (Lipinski definition) is 1. The summed E-state index contributed by atoms with van der Waals surface area (Å²) in [5, 5.41) is 0. The van der Waals surface area contributed by atoms with Crippen LogP contribution < -0.4 is 4.74 Å². The van der Waals surface area contributed by atoms with Gasteiger partial charge in [0, 0.05) is 5.92 Å². The van der Waals surface area contributed by atoms with Crippen LogP contribution in [0.15, 0.2) is 18.2 Å². The Morgan fingerprint density at radius 3 is 2.65 bits per heavy atom. The lowest BCUT2D eigenvalue weighted by Crippen LogP contribution is -2.44. The Morgan fingerprint density at radius 1 is 1.26 bits per heavy atom. The third kappa shape index (κ3) is 4.41. The van der Waals surface area contributed by atoms with Crippen LogP contribution in [0.2, 0.25) is 0 Å². The molecule has 31 heavy (non-hydrogen) atoms. The fraction of sp³-hybridized carbons (Fsp3) is 0.667. The molecule has 0 radical (unpaired) electrons. The van der Waals surface area contributed by atoms with Gasteiger partial charge in [0.05, 0.1) is 11.1 Å². The highest BCUT2D eigenvalue weighted by Gasteiger charge is 2.60. The predicted octanol–water partition coefficient (Wildman–Crippen LogP) is 4.34. The van der Waals surface area contributed by atoms with E-state index in [9.17, 15) is 26.4 Å². The first-order valence-electron chi connectivity index (χ1n) is 10.4. The molecule has 5 unspecified atom stereocenters. The van der Waals surface area contributed by atoms with Crippen molar-refractivity contribution in [1.29, 1.82) is 0 Å². The number of hydrogen-bond acceptors (Lipinski definition) is 5. The molecule has 3 aliphatic rings. The van der Waals surface area contributed by atoms with Crippen LogP contribution in [0.1, 0.15) is 54.9 Å². The van der Waals surface area contributed by atoms with Crippen LogP contribution in [0.25, 0.3) is 0 Å². The van der Waals surface area contributed by atoms with E-state index in [1.54, 1.807) is 0 Å². The Bertz CT molecular complexity index is 976. The maximum Gasteiger partial charge on any atom is 0.419 e. The van der Waals surface area contributed by atoms with Gasteiger partial charge in [0.15, 0.2) is 0 Å². The normalized spacial score (nSPS) is 32.2. The molecule has 3 saturated carbocycles.